The second kappa shape index (κ2) is 7.31. The molecule has 1 saturated heterocycles. The molecule has 1 aliphatic heterocycles. The molecule has 2 aromatic rings. The highest BCUT2D eigenvalue weighted by Crippen LogP contribution is 2.46. The van der Waals surface area contributed by atoms with E-state index in [1.807, 2.05) is 18.2 Å². The highest BCUT2D eigenvalue weighted by molar-refractivity contribution is 5.97. The van der Waals surface area contributed by atoms with Crippen LogP contribution in [0.2, 0.25) is 0 Å². The van der Waals surface area contributed by atoms with Gasteiger partial charge in [0.2, 0.25) is 0 Å². The van der Waals surface area contributed by atoms with E-state index in [1.165, 1.54) is 23.8 Å². The quantitative estimate of drug-likeness (QED) is 0.749. The molecular weight excluding hydrogens is 338 g/mol. The molecule has 0 unspecified atom stereocenters. The Bertz CT molecular complexity index is 910. The fraction of sp³-hybridized carbons (Fsp3) is 0.261. The Morgan fingerprint density at radius 3 is 2.41 bits per heavy atom. The summed E-state index contributed by atoms with van der Waals surface area (Å²) in [5, 5.41) is 0. The minimum atomic E-state index is -0.231. The van der Waals surface area contributed by atoms with E-state index in [2.05, 4.69) is 41.3 Å². The van der Waals surface area contributed by atoms with Crippen LogP contribution in [0.15, 0.2) is 71.4 Å². The molecule has 0 N–H and O–H groups in total. The Kier molecular flexibility index (Phi) is 4.71. The summed E-state index contributed by atoms with van der Waals surface area (Å²) in [6, 6.07) is 18.4. The summed E-state index contributed by atoms with van der Waals surface area (Å²) in [4.78, 5) is 14.8. The van der Waals surface area contributed by atoms with Gasteiger partial charge in [0, 0.05) is 19.5 Å². The molecule has 0 saturated carbocycles. The minimum Gasteiger partial charge on any atom is -0.497 e. The van der Waals surface area contributed by atoms with Gasteiger partial charge in [-0.05, 0) is 40.8 Å². The van der Waals surface area contributed by atoms with Crippen LogP contribution in [0, 0.1) is 0 Å². The second-order valence-corrected chi connectivity index (χ2v) is 6.84. The molecule has 4 heteroatoms. The number of carbonyl (C=O) groups is 1. The van der Waals surface area contributed by atoms with E-state index in [4.69, 9.17) is 9.47 Å². The summed E-state index contributed by atoms with van der Waals surface area (Å²) >= 11 is 0. The van der Waals surface area contributed by atoms with Crippen LogP contribution in [-0.4, -0.2) is 31.6 Å². The van der Waals surface area contributed by atoms with Crippen LogP contribution in [0.1, 0.15) is 24.0 Å². The molecule has 4 rings (SSSR count). The molecule has 138 valence electrons. The zero-order valence-electron chi connectivity index (χ0n) is 15.7. The lowest BCUT2D eigenvalue weighted by atomic mass is 9.99. The van der Waals surface area contributed by atoms with Gasteiger partial charge in [0.25, 0.3) is 0 Å². The third-order valence-corrected chi connectivity index (χ3v) is 5.32. The Balaban J connectivity index is 1.70. The van der Waals surface area contributed by atoms with Gasteiger partial charge in [-0.2, -0.15) is 0 Å². The molecule has 0 atom stereocenters. The maximum absolute atomic E-state index is 12.5. The van der Waals surface area contributed by atoms with E-state index in [1.54, 1.807) is 7.11 Å². The number of benzene rings is 2. The van der Waals surface area contributed by atoms with Crippen LogP contribution in [0.3, 0.4) is 0 Å². The van der Waals surface area contributed by atoms with Crippen LogP contribution in [0.25, 0.3) is 5.57 Å². The van der Waals surface area contributed by atoms with Crippen LogP contribution < -0.4 is 4.74 Å². The largest absolute Gasteiger partial charge is 0.497 e. The summed E-state index contributed by atoms with van der Waals surface area (Å²) < 4.78 is 10.4. The number of esters is 1. The number of nitrogens with zero attached hydrogens (tertiary/aromatic N) is 1. The summed E-state index contributed by atoms with van der Waals surface area (Å²) in [5.41, 5.74) is 6.72. The van der Waals surface area contributed by atoms with Crippen molar-refractivity contribution in [3.63, 3.8) is 0 Å². The standard InChI is InChI=1S/C23H23NO3/c1-26-18-10-8-17(9-11-18)20-14-21(23(25)27-2)22-19(20)12-13-24(22)15-16-6-4-3-5-7-16/h3-11H,12-15H2,1-2H3. The van der Waals surface area contributed by atoms with Gasteiger partial charge in [-0.15, -0.1) is 0 Å². The van der Waals surface area contributed by atoms with Gasteiger partial charge >= 0.3 is 5.97 Å². The molecule has 4 nitrogen and oxygen atoms in total. The lowest BCUT2D eigenvalue weighted by Gasteiger charge is -2.21. The first-order valence-corrected chi connectivity index (χ1v) is 9.18. The van der Waals surface area contributed by atoms with Crippen LogP contribution in [-0.2, 0) is 16.1 Å². The van der Waals surface area contributed by atoms with Crippen LogP contribution >= 0.6 is 0 Å². The minimum absolute atomic E-state index is 0.231. The predicted molar refractivity (Wildman–Crippen MR) is 105 cm³/mol. The molecule has 1 fully saturated rings. The van der Waals surface area contributed by atoms with Crippen molar-refractivity contribution in [1.82, 2.24) is 4.90 Å². The van der Waals surface area contributed by atoms with Crippen molar-refractivity contribution < 1.29 is 14.3 Å². The smallest absolute Gasteiger partial charge is 0.336 e. The molecule has 0 bridgehead atoms. The number of hydrogen-bond donors (Lipinski definition) is 0. The van der Waals surface area contributed by atoms with Gasteiger partial charge in [0.15, 0.2) is 0 Å². The molecule has 27 heavy (non-hydrogen) atoms. The summed E-state index contributed by atoms with van der Waals surface area (Å²) in [6.45, 7) is 1.72. The van der Waals surface area contributed by atoms with E-state index in [0.29, 0.717) is 6.42 Å². The van der Waals surface area contributed by atoms with E-state index >= 15 is 0 Å². The fourth-order valence-corrected chi connectivity index (χ4v) is 4.02. The molecule has 2 aromatic carbocycles. The molecule has 2 aliphatic rings. The second-order valence-electron chi connectivity index (χ2n) is 6.84. The highest BCUT2D eigenvalue weighted by Gasteiger charge is 2.36. The Morgan fingerprint density at radius 2 is 1.74 bits per heavy atom. The number of rotatable bonds is 5. The van der Waals surface area contributed by atoms with Crippen LogP contribution in [0.5, 0.6) is 5.75 Å². The summed E-state index contributed by atoms with van der Waals surface area (Å²) in [5.74, 6) is 0.604. The zero-order valence-corrected chi connectivity index (χ0v) is 15.7. The Labute approximate surface area is 159 Å². The monoisotopic (exact) mass is 361 g/mol. The van der Waals surface area contributed by atoms with E-state index in [-0.39, 0.29) is 5.97 Å². The van der Waals surface area contributed by atoms with E-state index in [0.717, 1.165) is 42.1 Å². The molecule has 1 aliphatic carbocycles. The first-order chi connectivity index (χ1) is 13.2. The summed E-state index contributed by atoms with van der Waals surface area (Å²) in [6.07, 6.45) is 1.57. The molecule has 0 aromatic heterocycles. The average molecular weight is 361 g/mol. The predicted octanol–water partition coefficient (Wildman–Crippen LogP) is 4.19. The Hall–Kier alpha value is -3.01. The van der Waals surface area contributed by atoms with Gasteiger partial charge in [-0.25, -0.2) is 4.79 Å². The van der Waals surface area contributed by atoms with Crippen molar-refractivity contribution in [1.29, 1.82) is 0 Å². The molecular formula is C23H23NO3. The first-order valence-electron chi connectivity index (χ1n) is 9.18. The molecule has 0 amide bonds. The van der Waals surface area contributed by atoms with Crippen molar-refractivity contribution in [2.24, 2.45) is 0 Å². The summed E-state index contributed by atoms with van der Waals surface area (Å²) in [7, 11) is 3.12. The molecule has 0 radical (unpaired) electrons. The fourth-order valence-electron chi connectivity index (χ4n) is 4.02. The number of carbonyl (C=O) groups excluding carboxylic acids is 1. The maximum Gasteiger partial charge on any atom is 0.336 e. The number of methoxy groups -OCH3 is 2. The first kappa shape index (κ1) is 17.4. The average Bonchev–Trinajstić information content (AvgIpc) is 3.29. The topological polar surface area (TPSA) is 38.8 Å². The van der Waals surface area contributed by atoms with Gasteiger partial charge in [0.05, 0.1) is 25.5 Å². The maximum atomic E-state index is 12.5. The van der Waals surface area contributed by atoms with Crippen molar-refractivity contribution in [3.8, 4) is 5.75 Å². The van der Waals surface area contributed by atoms with E-state index < -0.39 is 0 Å². The van der Waals surface area contributed by atoms with E-state index in [9.17, 15) is 4.79 Å². The zero-order chi connectivity index (χ0) is 18.8. The number of fused-ring (bicyclic) bond motifs is 1. The molecule has 1 heterocycles. The lowest BCUT2D eigenvalue weighted by Crippen LogP contribution is -2.20. The highest BCUT2D eigenvalue weighted by atomic mass is 16.5. The van der Waals surface area contributed by atoms with Crippen LogP contribution in [0.4, 0.5) is 0 Å². The van der Waals surface area contributed by atoms with Crippen molar-refractivity contribution in [2.45, 2.75) is 19.4 Å². The molecule has 0 spiro atoms. The number of ether oxygens (including phenoxy) is 2. The van der Waals surface area contributed by atoms with Crippen molar-refractivity contribution >= 4 is 11.5 Å². The van der Waals surface area contributed by atoms with Crippen molar-refractivity contribution in [3.05, 3.63) is 82.6 Å². The Morgan fingerprint density at radius 1 is 1.00 bits per heavy atom. The van der Waals surface area contributed by atoms with Crippen molar-refractivity contribution in [2.75, 3.05) is 20.8 Å². The van der Waals surface area contributed by atoms with Gasteiger partial charge in [0.1, 0.15) is 5.75 Å². The number of allylic oxidation sites excluding steroid dienone is 2. The van der Waals surface area contributed by atoms with Gasteiger partial charge < -0.3 is 14.4 Å². The van der Waals surface area contributed by atoms with Gasteiger partial charge in [-0.3, -0.25) is 0 Å². The number of hydrogen-bond acceptors (Lipinski definition) is 4. The third kappa shape index (κ3) is 3.23. The lowest BCUT2D eigenvalue weighted by molar-refractivity contribution is -0.136. The SMILES string of the molecule is COC(=O)C1=C2C(=C(c3ccc(OC)cc3)C1)CCN2Cc1ccccc1. The van der Waals surface area contributed by atoms with Gasteiger partial charge in [-0.1, -0.05) is 42.5 Å². The normalized spacial score (nSPS) is 16.0. The number of likely N-dealkylation sites (tertiary alicyclic amines) is 1. The third-order valence-electron chi connectivity index (χ3n) is 5.32.